The van der Waals surface area contributed by atoms with Crippen molar-refractivity contribution in [1.82, 2.24) is 0 Å². The quantitative estimate of drug-likeness (QED) is 0.470. The Hall–Kier alpha value is -1.64. The lowest BCUT2D eigenvalue weighted by molar-refractivity contribution is 0.155. The van der Waals surface area contributed by atoms with Gasteiger partial charge in [0.1, 0.15) is 5.82 Å². The molecule has 4 rings (SSSR count). The molecule has 2 aromatic rings. The van der Waals surface area contributed by atoms with Crippen LogP contribution in [0.15, 0.2) is 24.3 Å². The van der Waals surface area contributed by atoms with Crippen molar-refractivity contribution in [1.29, 1.82) is 0 Å². The number of rotatable bonds is 6. The van der Waals surface area contributed by atoms with Gasteiger partial charge in [0, 0.05) is 0 Å². The standard InChI is InChI=1S/C27H36F2O/c1-2-3-4-5-18-6-8-19(9-7-18)20-10-12-21(13-11-20)23-16-22-14-15-25(30)27(29)26(22)24(28)17-23/h14-21,30H,2-13H2,1H3. The van der Waals surface area contributed by atoms with Crippen LogP contribution >= 0.6 is 0 Å². The van der Waals surface area contributed by atoms with E-state index in [0.29, 0.717) is 11.3 Å². The summed E-state index contributed by atoms with van der Waals surface area (Å²) in [6.07, 6.45) is 15.9. The Morgan fingerprint density at radius 2 is 1.53 bits per heavy atom. The molecule has 164 valence electrons. The number of aromatic hydroxyl groups is 1. The van der Waals surface area contributed by atoms with Crippen LogP contribution in [0.2, 0.25) is 0 Å². The van der Waals surface area contributed by atoms with E-state index in [1.807, 2.05) is 6.07 Å². The summed E-state index contributed by atoms with van der Waals surface area (Å²) in [5.41, 5.74) is 0.989. The first-order chi connectivity index (χ1) is 14.6. The molecule has 2 aromatic carbocycles. The van der Waals surface area contributed by atoms with E-state index in [-0.39, 0.29) is 5.39 Å². The summed E-state index contributed by atoms with van der Waals surface area (Å²) < 4.78 is 28.7. The Bertz CT molecular complexity index is 846. The second-order valence-electron chi connectivity index (χ2n) is 9.89. The maximum atomic E-state index is 14.6. The number of hydrogen-bond acceptors (Lipinski definition) is 1. The smallest absolute Gasteiger partial charge is 0.175 e. The number of unbranched alkanes of at least 4 members (excludes halogenated alkanes) is 2. The molecule has 1 N–H and O–H groups in total. The molecule has 0 unspecified atom stereocenters. The highest BCUT2D eigenvalue weighted by Gasteiger charge is 2.31. The predicted octanol–water partition coefficient (Wildman–Crippen LogP) is 8.48. The van der Waals surface area contributed by atoms with Gasteiger partial charge in [0.25, 0.3) is 0 Å². The summed E-state index contributed by atoms with van der Waals surface area (Å²) in [5.74, 6) is 1.14. The van der Waals surface area contributed by atoms with E-state index in [1.54, 1.807) is 6.07 Å². The summed E-state index contributed by atoms with van der Waals surface area (Å²) in [6, 6.07) is 6.35. The van der Waals surface area contributed by atoms with Gasteiger partial charge in [-0.15, -0.1) is 0 Å². The predicted molar refractivity (Wildman–Crippen MR) is 120 cm³/mol. The number of halogens is 2. The van der Waals surface area contributed by atoms with Crippen molar-refractivity contribution in [3.05, 3.63) is 41.5 Å². The maximum absolute atomic E-state index is 14.6. The van der Waals surface area contributed by atoms with Crippen molar-refractivity contribution in [3.63, 3.8) is 0 Å². The molecule has 0 aliphatic heterocycles. The highest BCUT2D eigenvalue weighted by Crippen LogP contribution is 2.45. The Labute approximate surface area is 179 Å². The summed E-state index contributed by atoms with van der Waals surface area (Å²) in [4.78, 5) is 0. The van der Waals surface area contributed by atoms with E-state index in [1.165, 1.54) is 76.3 Å². The molecule has 0 bridgehead atoms. The zero-order valence-corrected chi connectivity index (χ0v) is 18.3. The minimum atomic E-state index is -0.856. The van der Waals surface area contributed by atoms with Crippen molar-refractivity contribution >= 4 is 10.8 Å². The van der Waals surface area contributed by atoms with Crippen LogP contribution in [-0.4, -0.2) is 5.11 Å². The molecule has 2 fully saturated rings. The number of phenolic OH excluding ortho intramolecular Hbond substituents is 1. The van der Waals surface area contributed by atoms with Crippen molar-refractivity contribution < 1.29 is 13.9 Å². The van der Waals surface area contributed by atoms with Gasteiger partial charge in [0.15, 0.2) is 11.6 Å². The summed E-state index contributed by atoms with van der Waals surface area (Å²) in [6.45, 7) is 2.28. The van der Waals surface area contributed by atoms with E-state index in [0.717, 1.165) is 36.2 Å². The minimum absolute atomic E-state index is 0.0943. The van der Waals surface area contributed by atoms with Crippen molar-refractivity contribution in [2.45, 2.75) is 89.9 Å². The van der Waals surface area contributed by atoms with Crippen LogP contribution in [-0.2, 0) is 0 Å². The van der Waals surface area contributed by atoms with Gasteiger partial charge in [-0.1, -0.05) is 57.6 Å². The molecular formula is C27H36F2O. The van der Waals surface area contributed by atoms with Gasteiger partial charge in [-0.2, -0.15) is 0 Å². The van der Waals surface area contributed by atoms with Gasteiger partial charge >= 0.3 is 0 Å². The largest absolute Gasteiger partial charge is 0.505 e. The Balaban J connectivity index is 1.33. The molecule has 30 heavy (non-hydrogen) atoms. The third-order valence-corrected chi connectivity index (χ3v) is 8.03. The first-order valence-corrected chi connectivity index (χ1v) is 12.2. The van der Waals surface area contributed by atoms with Gasteiger partial charge in [-0.3, -0.25) is 0 Å². The second-order valence-corrected chi connectivity index (χ2v) is 9.89. The molecule has 2 aliphatic carbocycles. The fourth-order valence-electron chi connectivity index (χ4n) is 6.17. The van der Waals surface area contributed by atoms with E-state index >= 15 is 0 Å². The van der Waals surface area contributed by atoms with Gasteiger partial charge in [0.05, 0.1) is 5.39 Å². The van der Waals surface area contributed by atoms with Crippen LogP contribution in [0.25, 0.3) is 10.8 Å². The molecule has 0 spiro atoms. The average Bonchev–Trinajstić information content (AvgIpc) is 2.77. The highest BCUT2D eigenvalue weighted by molar-refractivity contribution is 5.86. The normalized spacial score (nSPS) is 27.4. The van der Waals surface area contributed by atoms with Crippen LogP contribution in [0.4, 0.5) is 8.78 Å². The molecule has 0 amide bonds. The number of phenols is 1. The number of fused-ring (bicyclic) bond motifs is 1. The molecule has 3 heteroatoms. The average molecular weight is 415 g/mol. The molecule has 2 aliphatic rings. The molecule has 2 saturated carbocycles. The zero-order chi connectivity index (χ0) is 21.1. The van der Waals surface area contributed by atoms with E-state index in [2.05, 4.69) is 6.92 Å². The highest BCUT2D eigenvalue weighted by atomic mass is 19.1. The molecule has 0 heterocycles. The van der Waals surface area contributed by atoms with Gasteiger partial charge in [-0.25, -0.2) is 8.78 Å². The van der Waals surface area contributed by atoms with Crippen molar-refractivity contribution in [3.8, 4) is 5.75 Å². The van der Waals surface area contributed by atoms with E-state index in [9.17, 15) is 13.9 Å². The topological polar surface area (TPSA) is 20.2 Å². The van der Waals surface area contributed by atoms with Crippen molar-refractivity contribution in [2.75, 3.05) is 0 Å². The van der Waals surface area contributed by atoms with Crippen LogP contribution < -0.4 is 0 Å². The SMILES string of the molecule is CCCCCC1CCC(C2CCC(c3cc(F)c4c(F)c(O)ccc4c3)CC2)CC1. The Morgan fingerprint density at radius 3 is 2.20 bits per heavy atom. The third kappa shape index (κ3) is 4.65. The molecule has 1 nitrogen and oxygen atoms in total. The molecule has 0 atom stereocenters. The van der Waals surface area contributed by atoms with Crippen molar-refractivity contribution in [2.24, 2.45) is 17.8 Å². The molecular weight excluding hydrogens is 378 g/mol. The van der Waals surface area contributed by atoms with Gasteiger partial charge in [0.2, 0.25) is 0 Å². The summed E-state index contributed by atoms with van der Waals surface area (Å²) >= 11 is 0. The van der Waals surface area contributed by atoms with Crippen LogP contribution in [0.5, 0.6) is 5.75 Å². The number of benzene rings is 2. The monoisotopic (exact) mass is 414 g/mol. The van der Waals surface area contributed by atoms with E-state index in [4.69, 9.17) is 0 Å². The lowest BCUT2D eigenvalue weighted by Gasteiger charge is -2.38. The molecule has 0 saturated heterocycles. The lowest BCUT2D eigenvalue weighted by atomic mass is 9.68. The second kappa shape index (κ2) is 9.66. The first-order valence-electron chi connectivity index (χ1n) is 12.2. The summed E-state index contributed by atoms with van der Waals surface area (Å²) in [5, 5.41) is 9.99. The lowest BCUT2D eigenvalue weighted by Crippen LogP contribution is -2.25. The van der Waals surface area contributed by atoms with Crippen LogP contribution in [0, 0.1) is 29.4 Å². The fraction of sp³-hybridized carbons (Fsp3) is 0.630. The first kappa shape index (κ1) is 21.6. The Kier molecular flexibility index (Phi) is 6.95. The van der Waals surface area contributed by atoms with E-state index < -0.39 is 17.4 Å². The zero-order valence-electron chi connectivity index (χ0n) is 18.3. The van der Waals surface area contributed by atoms with Crippen LogP contribution in [0.3, 0.4) is 0 Å². The summed E-state index contributed by atoms with van der Waals surface area (Å²) in [7, 11) is 0. The van der Waals surface area contributed by atoms with Crippen LogP contribution in [0.1, 0.15) is 95.5 Å². The van der Waals surface area contributed by atoms with Gasteiger partial charge < -0.3 is 5.11 Å². The maximum Gasteiger partial charge on any atom is 0.175 e. The Morgan fingerprint density at radius 1 is 0.867 bits per heavy atom. The molecule has 0 radical (unpaired) electrons. The van der Waals surface area contributed by atoms with Gasteiger partial charge in [-0.05, 0) is 85.3 Å². The third-order valence-electron chi connectivity index (χ3n) is 8.03. The molecule has 0 aromatic heterocycles. The minimum Gasteiger partial charge on any atom is -0.505 e. The number of hydrogen-bond donors (Lipinski definition) is 1. The fourth-order valence-corrected chi connectivity index (χ4v) is 6.17.